The van der Waals surface area contributed by atoms with E-state index in [0.29, 0.717) is 16.4 Å². The van der Waals surface area contributed by atoms with Crippen molar-refractivity contribution in [1.82, 2.24) is 4.98 Å². The largest absolute Gasteiger partial charge is 0.494 e. The van der Waals surface area contributed by atoms with Crippen LogP contribution in [0.15, 0.2) is 24.3 Å². The second-order valence-electron chi connectivity index (χ2n) is 5.32. The van der Waals surface area contributed by atoms with Crippen molar-refractivity contribution in [2.75, 3.05) is 12.4 Å². The lowest BCUT2D eigenvalue weighted by atomic mass is 10.1. The fraction of sp³-hybridized carbons (Fsp3) is 0.176. The zero-order chi connectivity index (χ0) is 17.4. The summed E-state index contributed by atoms with van der Waals surface area (Å²) in [7, 11) is 1.47. The number of nitrogens with one attached hydrogen (secondary N) is 1. The summed E-state index contributed by atoms with van der Waals surface area (Å²) in [6.45, 7) is 4.02. The van der Waals surface area contributed by atoms with Gasteiger partial charge >= 0.3 is 0 Å². The molecule has 0 fully saturated rings. The Morgan fingerprint density at radius 1 is 1.17 bits per heavy atom. The Hall–Kier alpha value is -1.82. The van der Waals surface area contributed by atoms with E-state index in [4.69, 9.17) is 27.9 Å². The average molecular weight is 381 g/mol. The second kappa shape index (κ2) is 6.59. The number of methoxy groups -OCH3 is 1. The topological polar surface area (TPSA) is 51.2 Å². The zero-order valence-corrected chi connectivity index (χ0v) is 15.6. The van der Waals surface area contributed by atoms with Crippen molar-refractivity contribution in [2.24, 2.45) is 0 Å². The average Bonchev–Trinajstić information content (AvgIpc) is 2.95. The summed E-state index contributed by atoms with van der Waals surface area (Å²) in [5.74, 6) is 0.0249. The van der Waals surface area contributed by atoms with E-state index in [1.165, 1.54) is 30.6 Å². The van der Waals surface area contributed by atoms with Crippen LogP contribution in [-0.2, 0) is 0 Å². The number of hydrogen-bond donors (Lipinski definition) is 1. The van der Waals surface area contributed by atoms with Gasteiger partial charge in [0.2, 0.25) is 0 Å². The highest BCUT2D eigenvalue weighted by molar-refractivity contribution is 7.22. The summed E-state index contributed by atoms with van der Waals surface area (Å²) in [5.41, 5.74) is 3.45. The van der Waals surface area contributed by atoms with Crippen molar-refractivity contribution >= 4 is 55.8 Å². The van der Waals surface area contributed by atoms with Crippen LogP contribution in [0.2, 0.25) is 10.0 Å². The van der Waals surface area contributed by atoms with Gasteiger partial charge in [0.05, 0.1) is 27.4 Å². The fourth-order valence-corrected chi connectivity index (χ4v) is 4.02. The Morgan fingerprint density at radius 3 is 2.38 bits per heavy atom. The summed E-state index contributed by atoms with van der Waals surface area (Å²) >= 11 is 13.6. The molecular formula is C17H14Cl2N2O2S. The van der Waals surface area contributed by atoms with E-state index in [-0.39, 0.29) is 16.0 Å². The molecule has 0 unspecified atom stereocenters. The molecule has 1 amide bonds. The number of nitrogens with zero attached hydrogens (tertiary/aromatic N) is 1. The third-order valence-corrected chi connectivity index (χ3v) is 5.29. The van der Waals surface area contributed by atoms with Gasteiger partial charge in [-0.1, -0.05) is 46.7 Å². The maximum Gasteiger partial charge on any atom is 0.257 e. The van der Waals surface area contributed by atoms with Crippen LogP contribution in [0.4, 0.5) is 5.13 Å². The molecule has 0 saturated heterocycles. The van der Waals surface area contributed by atoms with Gasteiger partial charge in [0.15, 0.2) is 10.9 Å². The number of amides is 1. The maximum atomic E-state index is 12.5. The molecule has 1 aromatic heterocycles. The lowest BCUT2D eigenvalue weighted by Gasteiger charge is -2.08. The smallest absolute Gasteiger partial charge is 0.257 e. The molecule has 24 heavy (non-hydrogen) atoms. The SMILES string of the molecule is COc1c(Cl)cc(C(=O)Nc2nc3c(C)ccc(C)c3s2)cc1Cl. The van der Waals surface area contributed by atoms with Crippen molar-refractivity contribution in [1.29, 1.82) is 0 Å². The van der Waals surface area contributed by atoms with Crippen molar-refractivity contribution in [2.45, 2.75) is 13.8 Å². The minimum atomic E-state index is -0.323. The summed E-state index contributed by atoms with van der Waals surface area (Å²) in [4.78, 5) is 17.0. The van der Waals surface area contributed by atoms with Gasteiger partial charge in [0.1, 0.15) is 0 Å². The Kier molecular flexibility index (Phi) is 4.67. The van der Waals surface area contributed by atoms with Crippen LogP contribution in [0, 0.1) is 13.8 Å². The van der Waals surface area contributed by atoms with Crippen LogP contribution in [0.25, 0.3) is 10.2 Å². The quantitative estimate of drug-likeness (QED) is 0.654. The first kappa shape index (κ1) is 17.0. The second-order valence-corrected chi connectivity index (χ2v) is 7.14. The monoisotopic (exact) mass is 380 g/mol. The number of aryl methyl sites for hydroxylation is 2. The van der Waals surface area contributed by atoms with Crippen LogP contribution in [-0.4, -0.2) is 18.0 Å². The minimum absolute atomic E-state index is 0.283. The number of fused-ring (bicyclic) bond motifs is 1. The van der Waals surface area contributed by atoms with Gasteiger partial charge in [-0.3, -0.25) is 10.1 Å². The Bertz CT molecular complexity index is 891. The molecule has 124 valence electrons. The highest BCUT2D eigenvalue weighted by Gasteiger charge is 2.16. The van der Waals surface area contributed by atoms with Crippen LogP contribution in [0.5, 0.6) is 5.75 Å². The van der Waals surface area contributed by atoms with Crippen LogP contribution in [0.1, 0.15) is 21.5 Å². The van der Waals surface area contributed by atoms with Crippen LogP contribution in [0.3, 0.4) is 0 Å². The van der Waals surface area contributed by atoms with E-state index in [0.717, 1.165) is 21.3 Å². The van der Waals surface area contributed by atoms with Crippen LogP contribution >= 0.6 is 34.5 Å². The maximum absolute atomic E-state index is 12.5. The first-order chi connectivity index (χ1) is 11.4. The number of carbonyl (C=O) groups excluding carboxylic acids is 1. The third-order valence-electron chi connectivity index (χ3n) is 3.63. The molecule has 0 spiro atoms. The van der Waals surface area contributed by atoms with E-state index in [9.17, 15) is 4.79 Å². The normalized spacial score (nSPS) is 10.9. The van der Waals surface area contributed by atoms with E-state index in [1.807, 2.05) is 26.0 Å². The fourth-order valence-electron chi connectivity index (χ4n) is 2.37. The predicted molar refractivity (Wildman–Crippen MR) is 100 cm³/mol. The van der Waals surface area contributed by atoms with E-state index in [1.54, 1.807) is 0 Å². The number of anilines is 1. The molecular weight excluding hydrogens is 367 g/mol. The van der Waals surface area contributed by atoms with Crippen LogP contribution < -0.4 is 10.1 Å². The standard InChI is InChI=1S/C17H14Cl2N2O2S/c1-8-4-5-9(2)15-13(8)20-17(24-15)21-16(22)10-6-11(18)14(23-3)12(19)7-10/h4-7H,1-3H3,(H,20,21,22). The highest BCUT2D eigenvalue weighted by Crippen LogP contribution is 2.35. The molecule has 2 aromatic carbocycles. The summed E-state index contributed by atoms with van der Waals surface area (Å²) in [6.07, 6.45) is 0. The molecule has 4 nitrogen and oxygen atoms in total. The Balaban J connectivity index is 1.93. The van der Waals surface area contributed by atoms with E-state index < -0.39 is 0 Å². The van der Waals surface area contributed by atoms with Gasteiger partial charge < -0.3 is 4.74 Å². The molecule has 1 N–H and O–H groups in total. The number of halogens is 2. The molecule has 7 heteroatoms. The molecule has 0 aliphatic heterocycles. The lowest BCUT2D eigenvalue weighted by molar-refractivity contribution is 0.102. The lowest BCUT2D eigenvalue weighted by Crippen LogP contribution is -2.11. The predicted octanol–water partition coefficient (Wildman–Crippen LogP) is 5.48. The van der Waals surface area contributed by atoms with Crippen molar-refractivity contribution in [3.05, 3.63) is 51.0 Å². The van der Waals surface area contributed by atoms with Crippen molar-refractivity contribution < 1.29 is 9.53 Å². The van der Waals surface area contributed by atoms with Gasteiger partial charge in [-0.15, -0.1) is 0 Å². The molecule has 0 saturated carbocycles. The number of hydrogen-bond acceptors (Lipinski definition) is 4. The zero-order valence-electron chi connectivity index (χ0n) is 13.2. The van der Waals surface area contributed by atoms with Gasteiger partial charge in [0, 0.05) is 5.56 Å². The van der Waals surface area contributed by atoms with Gasteiger partial charge in [-0.25, -0.2) is 4.98 Å². The number of carbonyl (C=O) groups is 1. The molecule has 3 aromatic rings. The Morgan fingerprint density at radius 2 is 1.79 bits per heavy atom. The summed E-state index contributed by atoms with van der Waals surface area (Å²) in [6, 6.07) is 7.10. The van der Waals surface area contributed by atoms with Crippen molar-refractivity contribution in [3.8, 4) is 5.75 Å². The summed E-state index contributed by atoms with van der Waals surface area (Å²) < 4.78 is 6.15. The number of rotatable bonds is 3. The Labute approximate surface area is 153 Å². The van der Waals surface area contributed by atoms with E-state index in [2.05, 4.69) is 10.3 Å². The number of aromatic nitrogens is 1. The molecule has 1 heterocycles. The number of benzene rings is 2. The molecule has 0 aliphatic rings. The summed E-state index contributed by atoms with van der Waals surface area (Å²) in [5, 5.41) is 3.91. The van der Waals surface area contributed by atoms with Gasteiger partial charge in [0.25, 0.3) is 5.91 Å². The molecule has 0 radical (unpaired) electrons. The molecule has 0 aliphatic carbocycles. The first-order valence-electron chi connectivity index (χ1n) is 7.12. The van der Waals surface area contributed by atoms with Crippen molar-refractivity contribution in [3.63, 3.8) is 0 Å². The molecule has 0 bridgehead atoms. The minimum Gasteiger partial charge on any atom is -0.494 e. The van der Waals surface area contributed by atoms with E-state index >= 15 is 0 Å². The molecule has 3 rings (SSSR count). The first-order valence-corrected chi connectivity index (χ1v) is 8.69. The third kappa shape index (κ3) is 3.07. The number of thiazole rings is 1. The van der Waals surface area contributed by atoms with Gasteiger partial charge in [-0.05, 0) is 37.1 Å². The van der Waals surface area contributed by atoms with Gasteiger partial charge in [-0.2, -0.15) is 0 Å². The highest BCUT2D eigenvalue weighted by atomic mass is 35.5. The number of ether oxygens (including phenoxy) is 1. The molecule has 0 atom stereocenters.